The maximum absolute atomic E-state index is 3.52. The third-order valence-corrected chi connectivity index (χ3v) is 1.36. The molecule has 0 atom stereocenters. The van der Waals surface area contributed by atoms with Crippen molar-refractivity contribution in [2.24, 2.45) is 0 Å². The second-order valence-electron chi connectivity index (χ2n) is 2.34. The number of nitrogens with one attached hydrogen (secondary N) is 2. The van der Waals surface area contributed by atoms with Gasteiger partial charge in [0.2, 0.25) is 0 Å². The Morgan fingerprint density at radius 1 is 1.30 bits per heavy atom. The molecule has 0 fully saturated rings. The minimum absolute atomic E-state index is 1.03. The van der Waals surface area contributed by atoms with Gasteiger partial charge < -0.3 is 5.43 Å². The van der Waals surface area contributed by atoms with Crippen LogP contribution in [0.3, 0.4) is 0 Å². The van der Waals surface area contributed by atoms with Gasteiger partial charge in [-0.25, -0.2) is 5.43 Å². The van der Waals surface area contributed by atoms with Gasteiger partial charge >= 0.3 is 0 Å². The van der Waals surface area contributed by atoms with E-state index >= 15 is 0 Å². The van der Waals surface area contributed by atoms with Gasteiger partial charge in [-0.2, -0.15) is 0 Å². The molecule has 0 bridgehead atoms. The summed E-state index contributed by atoms with van der Waals surface area (Å²) in [5.41, 5.74) is 5.86. The summed E-state index contributed by atoms with van der Waals surface area (Å²) < 4.78 is 0. The highest BCUT2D eigenvalue weighted by Gasteiger charge is 1.84. The molecule has 0 amide bonds. The van der Waals surface area contributed by atoms with Crippen LogP contribution in [0.2, 0.25) is 0 Å². The van der Waals surface area contributed by atoms with Gasteiger partial charge in [-0.05, 0) is 6.42 Å². The fraction of sp³-hybridized carbons (Fsp3) is 0.750. The molecule has 0 spiro atoms. The molecule has 0 saturated carbocycles. The molecule has 0 saturated heterocycles. The minimum Gasteiger partial charge on any atom is -0.329 e. The lowest BCUT2D eigenvalue weighted by Crippen LogP contribution is -2.27. The van der Waals surface area contributed by atoms with E-state index in [1.165, 1.54) is 25.7 Å². The van der Waals surface area contributed by atoms with Gasteiger partial charge in [0.15, 0.2) is 0 Å². The number of hydrogen-bond donors (Lipinski definition) is 2. The van der Waals surface area contributed by atoms with E-state index in [4.69, 9.17) is 0 Å². The van der Waals surface area contributed by atoms with E-state index in [-0.39, 0.29) is 0 Å². The highest BCUT2D eigenvalue weighted by atomic mass is 15.3. The van der Waals surface area contributed by atoms with Crippen LogP contribution < -0.4 is 10.9 Å². The zero-order valence-electron chi connectivity index (χ0n) is 6.82. The Kier molecular flexibility index (Phi) is 8.07. The zero-order chi connectivity index (χ0) is 7.66. The number of rotatable bonds is 7. The summed E-state index contributed by atoms with van der Waals surface area (Å²) in [6.07, 6.45) is 6.86. The number of hydrogen-bond acceptors (Lipinski definition) is 2. The summed E-state index contributed by atoms with van der Waals surface area (Å²) in [5.74, 6) is 0. The first kappa shape index (κ1) is 9.50. The lowest BCUT2D eigenvalue weighted by Gasteiger charge is -2.01. The van der Waals surface area contributed by atoms with E-state index < -0.39 is 0 Å². The van der Waals surface area contributed by atoms with Gasteiger partial charge in [0.25, 0.3) is 0 Å². The van der Waals surface area contributed by atoms with Crippen molar-refractivity contribution in [2.75, 3.05) is 6.54 Å². The second-order valence-corrected chi connectivity index (χ2v) is 2.34. The molecule has 0 radical (unpaired) electrons. The molecular formula is C8H18N2. The van der Waals surface area contributed by atoms with Gasteiger partial charge in [0.1, 0.15) is 0 Å². The van der Waals surface area contributed by atoms with Crippen molar-refractivity contribution in [3.63, 3.8) is 0 Å². The average molecular weight is 142 g/mol. The molecule has 2 nitrogen and oxygen atoms in total. The molecule has 0 heterocycles. The van der Waals surface area contributed by atoms with Crippen molar-refractivity contribution < 1.29 is 0 Å². The Morgan fingerprint density at radius 3 is 2.70 bits per heavy atom. The Hall–Kier alpha value is -0.500. The quantitative estimate of drug-likeness (QED) is 0.418. The van der Waals surface area contributed by atoms with Crippen LogP contribution in [0, 0.1) is 0 Å². The van der Waals surface area contributed by atoms with Gasteiger partial charge in [-0.1, -0.05) is 32.8 Å². The zero-order valence-corrected chi connectivity index (χ0v) is 6.82. The van der Waals surface area contributed by atoms with Crippen LogP contribution in [0.25, 0.3) is 0 Å². The van der Waals surface area contributed by atoms with Crippen molar-refractivity contribution in [1.29, 1.82) is 0 Å². The third kappa shape index (κ3) is 7.50. The average Bonchev–Trinajstić information content (AvgIpc) is 1.97. The Morgan fingerprint density at radius 2 is 2.10 bits per heavy atom. The lowest BCUT2D eigenvalue weighted by molar-refractivity contribution is 0.565. The van der Waals surface area contributed by atoms with Crippen LogP contribution in [-0.4, -0.2) is 6.54 Å². The molecule has 60 valence electrons. The summed E-state index contributed by atoms with van der Waals surface area (Å²) in [5, 5.41) is 0. The topological polar surface area (TPSA) is 24.1 Å². The van der Waals surface area contributed by atoms with Crippen LogP contribution in [0.1, 0.15) is 32.6 Å². The summed E-state index contributed by atoms with van der Waals surface area (Å²) >= 11 is 0. The fourth-order valence-electron chi connectivity index (χ4n) is 0.785. The highest BCUT2D eigenvalue weighted by molar-refractivity contribution is 4.57. The monoisotopic (exact) mass is 142 g/mol. The predicted molar refractivity (Wildman–Crippen MR) is 45.5 cm³/mol. The minimum atomic E-state index is 1.03. The molecule has 0 rings (SSSR count). The molecular weight excluding hydrogens is 124 g/mol. The predicted octanol–water partition coefficient (Wildman–Crippen LogP) is 1.80. The summed E-state index contributed by atoms with van der Waals surface area (Å²) in [7, 11) is 0. The van der Waals surface area contributed by atoms with E-state index in [2.05, 4.69) is 24.4 Å². The maximum Gasteiger partial charge on any atom is 0.0147 e. The lowest BCUT2D eigenvalue weighted by atomic mass is 10.2. The first-order chi connectivity index (χ1) is 4.91. The van der Waals surface area contributed by atoms with Crippen molar-refractivity contribution >= 4 is 0 Å². The Bertz CT molecular complexity index is 71.7. The standard InChI is InChI=1S/C8H18N2/c1-3-5-6-7-8-10-9-4-2/h4,9-10H,2-3,5-8H2,1H3. The van der Waals surface area contributed by atoms with E-state index in [9.17, 15) is 0 Å². The van der Waals surface area contributed by atoms with E-state index in [0.29, 0.717) is 0 Å². The molecule has 0 aromatic heterocycles. The van der Waals surface area contributed by atoms with Crippen molar-refractivity contribution in [2.45, 2.75) is 32.6 Å². The second kappa shape index (κ2) is 8.50. The van der Waals surface area contributed by atoms with E-state index in [1.54, 1.807) is 6.20 Å². The van der Waals surface area contributed by atoms with Gasteiger partial charge in [-0.15, -0.1) is 0 Å². The first-order valence-electron chi connectivity index (χ1n) is 4.01. The number of hydrazine groups is 1. The Balaban J connectivity index is 2.70. The van der Waals surface area contributed by atoms with Crippen LogP contribution in [-0.2, 0) is 0 Å². The smallest absolute Gasteiger partial charge is 0.0147 e. The largest absolute Gasteiger partial charge is 0.329 e. The van der Waals surface area contributed by atoms with E-state index in [1.807, 2.05) is 0 Å². The van der Waals surface area contributed by atoms with E-state index in [0.717, 1.165) is 6.54 Å². The van der Waals surface area contributed by atoms with Gasteiger partial charge in [-0.3, -0.25) is 0 Å². The van der Waals surface area contributed by atoms with Crippen molar-refractivity contribution in [3.8, 4) is 0 Å². The van der Waals surface area contributed by atoms with Crippen LogP contribution in [0.4, 0.5) is 0 Å². The fourth-order valence-corrected chi connectivity index (χ4v) is 0.785. The first-order valence-corrected chi connectivity index (χ1v) is 4.01. The highest BCUT2D eigenvalue weighted by Crippen LogP contribution is 1.96. The van der Waals surface area contributed by atoms with Gasteiger partial charge in [0.05, 0.1) is 0 Å². The summed E-state index contributed by atoms with van der Waals surface area (Å²) in [6.45, 7) is 6.77. The molecule has 2 heteroatoms. The molecule has 0 aliphatic carbocycles. The summed E-state index contributed by atoms with van der Waals surface area (Å²) in [4.78, 5) is 0. The van der Waals surface area contributed by atoms with Crippen molar-refractivity contribution in [1.82, 2.24) is 10.9 Å². The molecule has 0 aliphatic heterocycles. The maximum atomic E-state index is 3.52. The normalized spacial score (nSPS) is 9.30. The molecule has 2 N–H and O–H groups in total. The number of unbranched alkanes of at least 4 members (excludes halogenated alkanes) is 3. The molecule has 0 unspecified atom stereocenters. The van der Waals surface area contributed by atoms with Gasteiger partial charge in [0, 0.05) is 12.7 Å². The third-order valence-electron chi connectivity index (χ3n) is 1.36. The van der Waals surface area contributed by atoms with Crippen molar-refractivity contribution in [3.05, 3.63) is 12.8 Å². The van der Waals surface area contributed by atoms with Crippen LogP contribution in [0.5, 0.6) is 0 Å². The SMILES string of the molecule is C=CNNCCCCCC. The molecule has 10 heavy (non-hydrogen) atoms. The summed E-state index contributed by atoms with van der Waals surface area (Å²) in [6, 6.07) is 0. The van der Waals surface area contributed by atoms with Crippen LogP contribution in [0.15, 0.2) is 12.8 Å². The molecule has 0 aromatic carbocycles. The Labute approximate surface area is 63.7 Å². The molecule has 0 aromatic rings. The van der Waals surface area contributed by atoms with Crippen LogP contribution >= 0.6 is 0 Å². The molecule has 0 aliphatic rings.